The van der Waals surface area contributed by atoms with Gasteiger partial charge in [-0.25, -0.2) is 4.98 Å². The monoisotopic (exact) mass is 434 g/mol. The van der Waals surface area contributed by atoms with Crippen molar-refractivity contribution in [1.29, 1.82) is 0 Å². The molecule has 4 aromatic rings. The molecule has 2 aromatic heterocycles. The maximum absolute atomic E-state index is 4.73. The predicted octanol–water partition coefficient (Wildman–Crippen LogP) is 5.60. The molecule has 4 heteroatoms. The Labute approximate surface area is 195 Å². The first-order valence-corrected chi connectivity index (χ1v) is 11.9. The molecule has 3 heterocycles. The summed E-state index contributed by atoms with van der Waals surface area (Å²) >= 11 is 0. The van der Waals surface area contributed by atoms with E-state index in [2.05, 4.69) is 89.6 Å². The van der Waals surface area contributed by atoms with Gasteiger partial charge in [0.15, 0.2) is 0 Å². The highest BCUT2D eigenvalue weighted by molar-refractivity contribution is 5.96. The second-order valence-electron chi connectivity index (χ2n) is 9.68. The van der Waals surface area contributed by atoms with Crippen molar-refractivity contribution in [2.24, 2.45) is 0 Å². The topological polar surface area (TPSA) is 35.2 Å². The molecule has 0 radical (unpaired) electrons. The van der Waals surface area contributed by atoms with Crippen LogP contribution in [0.15, 0.2) is 66.5 Å². The quantitative estimate of drug-likeness (QED) is 0.454. The molecule has 33 heavy (non-hydrogen) atoms. The standard InChI is InChI=1S/C29H30N4/c1-20-13-23-7-8-24(15-25(23)14-20)28-18-31-29-27(28)16-26(17-30-29)22-5-3-21(4-6-22)19-33-11-9-32(2)10-12-33/h3-8,14-18H,9-13,19H2,1-2H3,(H,30,31). The average Bonchev–Trinajstić information content (AvgIpc) is 3.42. The summed E-state index contributed by atoms with van der Waals surface area (Å²) in [4.78, 5) is 13.0. The molecule has 0 spiro atoms. The van der Waals surface area contributed by atoms with E-state index in [0.29, 0.717) is 0 Å². The zero-order valence-corrected chi connectivity index (χ0v) is 19.4. The van der Waals surface area contributed by atoms with Crippen LogP contribution in [-0.2, 0) is 13.0 Å². The number of hydrogen-bond donors (Lipinski definition) is 1. The molecule has 6 rings (SSSR count). The lowest BCUT2D eigenvalue weighted by atomic mass is 9.99. The molecule has 1 fully saturated rings. The van der Waals surface area contributed by atoms with Crippen molar-refractivity contribution in [2.75, 3.05) is 33.2 Å². The van der Waals surface area contributed by atoms with E-state index < -0.39 is 0 Å². The number of aromatic nitrogens is 2. The van der Waals surface area contributed by atoms with Crippen LogP contribution in [0.2, 0.25) is 0 Å². The molecule has 166 valence electrons. The molecule has 4 nitrogen and oxygen atoms in total. The average molecular weight is 435 g/mol. The molecule has 1 aliphatic carbocycles. The Kier molecular flexibility index (Phi) is 5.12. The van der Waals surface area contributed by atoms with Crippen LogP contribution in [-0.4, -0.2) is 53.0 Å². The molecular weight excluding hydrogens is 404 g/mol. The van der Waals surface area contributed by atoms with Gasteiger partial charge in [-0.05, 0) is 60.3 Å². The van der Waals surface area contributed by atoms with Crippen molar-refractivity contribution in [3.63, 3.8) is 0 Å². The minimum Gasteiger partial charge on any atom is -0.346 e. The smallest absolute Gasteiger partial charge is 0.137 e. The number of aromatic amines is 1. The van der Waals surface area contributed by atoms with Crippen LogP contribution < -0.4 is 0 Å². The second kappa shape index (κ2) is 8.29. The van der Waals surface area contributed by atoms with Crippen molar-refractivity contribution in [3.05, 3.63) is 83.2 Å². The summed E-state index contributed by atoms with van der Waals surface area (Å²) in [5, 5.41) is 1.17. The van der Waals surface area contributed by atoms with Crippen LogP contribution in [0.1, 0.15) is 23.6 Å². The molecule has 0 atom stereocenters. The number of allylic oxidation sites excluding steroid dienone is 1. The number of benzene rings is 2. The van der Waals surface area contributed by atoms with Gasteiger partial charge in [-0.15, -0.1) is 0 Å². The SMILES string of the molecule is CC1=Cc2cc(-c3c[nH]c4ncc(-c5ccc(CN6CCN(C)CC6)cc5)cc34)ccc2C1. The summed E-state index contributed by atoms with van der Waals surface area (Å²) in [5.41, 5.74) is 11.3. The second-order valence-corrected chi connectivity index (χ2v) is 9.68. The summed E-state index contributed by atoms with van der Waals surface area (Å²) in [7, 11) is 2.20. The van der Waals surface area contributed by atoms with E-state index in [1.54, 1.807) is 0 Å². The fourth-order valence-corrected chi connectivity index (χ4v) is 5.14. The fraction of sp³-hybridized carbons (Fsp3) is 0.276. The lowest BCUT2D eigenvalue weighted by Crippen LogP contribution is -2.43. The Morgan fingerprint density at radius 1 is 0.909 bits per heavy atom. The van der Waals surface area contributed by atoms with Crippen LogP contribution in [0.5, 0.6) is 0 Å². The fourth-order valence-electron chi connectivity index (χ4n) is 5.14. The minimum absolute atomic E-state index is 0.938. The molecule has 1 saturated heterocycles. The third-order valence-corrected chi connectivity index (χ3v) is 7.15. The highest BCUT2D eigenvalue weighted by Gasteiger charge is 2.15. The van der Waals surface area contributed by atoms with Gasteiger partial charge in [-0.3, -0.25) is 4.90 Å². The van der Waals surface area contributed by atoms with Crippen molar-refractivity contribution < 1.29 is 0 Å². The van der Waals surface area contributed by atoms with Gasteiger partial charge in [0, 0.05) is 61.6 Å². The Balaban J connectivity index is 1.27. The van der Waals surface area contributed by atoms with Gasteiger partial charge >= 0.3 is 0 Å². The number of nitrogens with zero attached hydrogens (tertiary/aromatic N) is 3. The van der Waals surface area contributed by atoms with Crippen molar-refractivity contribution in [3.8, 4) is 22.3 Å². The number of hydrogen-bond acceptors (Lipinski definition) is 3. The Morgan fingerprint density at radius 2 is 1.70 bits per heavy atom. The summed E-state index contributed by atoms with van der Waals surface area (Å²) in [6, 6.07) is 18.1. The number of rotatable bonds is 4. The van der Waals surface area contributed by atoms with E-state index in [9.17, 15) is 0 Å². The number of likely N-dealkylation sites (N-methyl/N-ethyl adjacent to an activating group) is 1. The first-order valence-electron chi connectivity index (χ1n) is 11.9. The van der Waals surface area contributed by atoms with E-state index >= 15 is 0 Å². The molecular formula is C29H30N4. The Morgan fingerprint density at radius 3 is 2.52 bits per heavy atom. The van der Waals surface area contributed by atoms with Gasteiger partial charge < -0.3 is 9.88 Å². The predicted molar refractivity (Wildman–Crippen MR) is 137 cm³/mol. The van der Waals surface area contributed by atoms with Crippen molar-refractivity contribution in [2.45, 2.75) is 19.9 Å². The zero-order valence-electron chi connectivity index (χ0n) is 19.4. The molecule has 2 aliphatic rings. The number of nitrogens with one attached hydrogen (secondary N) is 1. The van der Waals surface area contributed by atoms with E-state index in [-0.39, 0.29) is 0 Å². The van der Waals surface area contributed by atoms with Crippen molar-refractivity contribution in [1.82, 2.24) is 19.8 Å². The number of H-pyrrole nitrogens is 1. The molecule has 0 bridgehead atoms. The Hall–Kier alpha value is -3.21. The van der Waals surface area contributed by atoms with Crippen LogP contribution in [0, 0.1) is 0 Å². The van der Waals surface area contributed by atoms with E-state index in [0.717, 1.165) is 50.4 Å². The van der Waals surface area contributed by atoms with Gasteiger partial charge in [0.1, 0.15) is 5.65 Å². The third kappa shape index (κ3) is 4.01. The summed E-state index contributed by atoms with van der Waals surface area (Å²) < 4.78 is 0. The largest absolute Gasteiger partial charge is 0.346 e. The van der Waals surface area contributed by atoms with Gasteiger partial charge in [0.2, 0.25) is 0 Å². The van der Waals surface area contributed by atoms with Crippen molar-refractivity contribution >= 4 is 17.1 Å². The third-order valence-electron chi connectivity index (χ3n) is 7.15. The lowest BCUT2D eigenvalue weighted by Gasteiger charge is -2.32. The van der Waals surface area contributed by atoms with Crippen LogP contribution >= 0.6 is 0 Å². The molecule has 1 N–H and O–H groups in total. The summed E-state index contributed by atoms with van der Waals surface area (Å²) in [6.07, 6.45) is 7.45. The highest BCUT2D eigenvalue weighted by Crippen LogP contribution is 2.34. The van der Waals surface area contributed by atoms with Crippen LogP contribution in [0.4, 0.5) is 0 Å². The summed E-state index contributed by atoms with van der Waals surface area (Å²) in [6.45, 7) is 7.84. The van der Waals surface area contributed by atoms with E-state index in [1.807, 2.05) is 6.20 Å². The van der Waals surface area contributed by atoms with Crippen LogP contribution in [0.3, 0.4) is 0 Å². The van der Waals surface area contributed by atoms with E-state index in [4.69, 9.17) is 4.98 Å². The molecule has 0 unspecified atom stereocenters. The number of fused-ring (bicyclic) bond motifs is 2. The van der Waals surface area contributed by atoms with E-state index in [1.165, 1.54) is 44.3 Å². The molecule has 2 aromatic carbocycles. The first kappa shape index (κ1) is 20.4. The van der Waals surface area contributed by atoms with Gasteiger partial charge in [0.05, 0.1) is 0 Å². The van der Waals surface area contributed by atoms with Gasteiger partial charge in [-0.2, -0.15) is 0 Å². The van der Waals surface area contributed by atoms with Gasteiger partial charge in [-0.1, -0.05) is 48.0 Å². The highest BCUT2D eigenvalue weighted by atomic mass is 15.2. The molecule has 1 aliphatic heterocycles. The number of piperazine rings is 1. The maximum atomic E-state index is 4.73. The van der Waals surface area contributed by atoms with Crippen LogP contribution in [0.25, 0.3) is 39.4 Å². The summed E-state index contributed by atoms with van der Waals surface area (Å²) in [5.74, 6) is 0. The van der Waals surface area contributed by atoms with Gasteiger partial charge in [0.25, 0.3) is 0 Å². The molecule has 0 amide bonds. The lowest BCUT2D eigenvalue weighted by molar-refractivity contribution is 0.148. The molecule has 0 saturated carbocycles. The number of pyridine rings is 1. The Bertz CT molecular complexity index is 1340. The minimum atomic E-state index is 0.938. The maximum Gasteiger partial charge on any atom is 0.137 e. The first-order chi connectivity index (χ1) is 16.1. The normalized spacial score (nSPS) is 16.8. The zero-order chi connectivity index (χ0) is 22.4.